The molecule has 3 aliphatic rings. The van der Waals surface area contributed by atoms with Crippen LogP contribution in [0, 0.1) is 33.9 Å². The molecular weight excluding hydrogens is 383 g/mol. The second kappa shape index (κ2) is 8.47. The second-order valence-electron chi connectivity index (χ2n) is 9.72. The molecule has 3 heteroatoms. The molecule has 0 aliphatic heterocycles. The first kappa shape index (κ1) is 21.6. The molecule has 3 saturated carbocycles. The van der Waals surface area contributed by atoms with Gasteiger partial charge in [-0.25, -0.2) is 4.39 Å². The van der Waals surface area contributed by atoms with E-state index in [0.29, 0.717) is 22.1 Å². The number of hydrogen-bond donors (Lipinski definition) is 0. The predicted molar refractivity (Wildman–Crippen MR) is 122 cm³/mol. The molecule has 0 saturated heterocycles. The Bertz CT molecular complexity index is 1050. The minimum atomic E-state index is -0.286. The quantitative estimate of drug-likeness (QED) is 0.489. The van der Waals surface area contributed by atoms with Gasteiger partial charge in [-0.3, -0.25) is 0 Å². The molecule has 0 heterocycles. The Morgan fingerprint density at radius 3 is 2.03 bits per heavy atom. The molecule has 3 aliphatic carbocycles. The second-order valence-corrected chi connectivity index (χ2v) is 9.72. The third-order valence-electron chi connectivity index (χ3n) is 8.09. The van der Waals surface area contributed by atoms with E-state index in [1.54, 1.807) is 12.1 Å². The average molecular weight is 415 g/mol. The van der Waals surface area contributed by atoms with E-state index in [4.69, 9.17) is 0 Å². The van der Waals surface area contributed by atoms with Gasteiger partial charge in [0.2, 0.25) is 0 Å². The van der Waals surface area contributed by atoms with E-state index in [9.17, 15) is 10.5 Å². The molecule has 0 N–H and O–H groups in total. The minimum absolute atomic E-state index is 0.107. The van der Waals surface area contributed by atoms with Gasteiger partial charge in [-0.15, -0.1) is 0 Å². The molecule has 0 spiro atoms. The van der Waals surface area contributed by atoms with Gasteiger partial charge in [-0.2, -0.15) is 10.5 Å². The Labute approximate surface area is 185 Å². The topological polar surface area (TPSA) is 47.6 Å². The highest BCUT2D eigenvalue weighted by molar-refractivity contribution is 5.75. The number of benzene rings is 2. The number of nitrogens with zero attached hydrogens (tertiary/aromatic N) is 2. The summed E-state index contributed by atoms with van der Waals surface area (Å²) < 4.78 is 15.4. The highest BCUT2D eigenvalue weighted by Gasteiger charge is 2.48. The van der Waals surface area contributed by atoms with Crippen molar-refractivity contribution in [3.63, 3.8) is 0 Å². The van der Waals surface area contributed by atoms with Gasteiger partial charge in [0, 0.05) is 11.1 Å². The van der Waals surface area contributed by atoms with Crippen molar-refractivity contribution < 1.29 is 4.39 Å². The van der Waals surface area contributed by atoms with Gasteiger partial charge in [0.15, 0.2) is 0 Å². The van der Waals surface area contributed by atoms with Crippen molar-refractivity contribution in [1.29, 1.82) is 10.5 Å². The summed E-state index contributed by atoms with van der Waals surface area (Å²) >= 11 is 0. The Hall–Kier alpha value is -2.65. The third kappa shape index (κ3) is 3.65. The van der Waals surface area contributed by atoms with Crippen molar-refractivity contribution in [3.05, 3.63) is 58.4 Å². The van der Waals surface area contributed by atoms with Crippen LogP contribution in [0.3, 0.4) is 0 Å². The molecular formula is C28H31FN2. The van der Waals surface area contributed by atoms with Crippen LogP contribution in [0.25, 0.3) is 11.1 Å². The van der Waals surface area contributed by atoms with Gasteiger partial charge in [0.05, 0.1) is 11.1 Å². The number of hydrogen-bond acceptors (Lipinski definition) is 2. The van der Waals surface area contributed by atoms with Crippen LogP contribution in [0.15, 0.2) is 30.3 Å². The lowest BCUT2D eigenvalue weighted by Gasteiger charge is -2.54. The fourth-order valence-corrected chi connectivity index (χ4v) is 6.26. The number of aryl methyl sites for hydroxylation is 1. The van der Waals surface area contributed by atoms with Crippen molar-refractivity contribution in [3.8, 4) is 23.3 Å². The van der Waals surface area contributed by atoms with Crippen molar-refractivity contribution >= 4 is 0 Å². The largest absolute Gasteiger partial charge is 0.206 e. The highest BCUT2D eigenvalue weighted by Crippen LogP contribution is 2.59. The molecule has 0 amide bonds. The normalized spacial score (nSPS) is 24.5. The number of fused-ring (bicyclic) bond motifs is 3. The minimum Gasteiger partial charge on any atom is -0.206 e. The summed E-state index contributed by atoms with van der Waals surface area (Å²) in [5, 5.41) is 19.4. The Morgan fingerprint density at radius 2 is 1.48 bits per heavy atom. The fraction of sp³-hybridized carbons (Fsp3) is 0.500. The van der Waals surface area contributed by atoms with Crippen LogP contribution in [-0.2, 0) is 11.8 Å². The van der Waals surface area contributed by atoms with Crippen LogP contribution in [0.4, 0.5) is 4.39 Å². The summed E-state index contributed by atoms with van der Waals surface area (Å²) in [5.74, 6) is -0.286. The van der Waals surface area contributed by atoms with Gasteiger partial charge in [0.1, 0.15) is 18.0 Å². The Morgan fingerprint density at radius 1 is 0.839 bits per heavy atom. The lowest BCUT2D eigenvalue weighted by atomic mass is 9.51. The lowest BCUT2D eigenvalue weighted by Crippen LogP contribution is -2.44. The van der Waals surface area contributed by atoms with Crippen LogP contribution >= 0.6 is 0 Å². The molecule has 3 fully saturated rings. The first-order chi connectivity index (χ1) is 15.0. The van der Waals surface area contributed by atoms with Gasteiger partial charge in [-0.05, 0) is 79.4 Å². The summed E-state index contributed by atoms with van der Waals surface area (Å²) in [6.07, 6.45) is 11.4. The van der Waals surface area contributed by atoms with Crippen LogP contribution < -0.4 is 0 Å². The van der Waals surface area contributed by atoms with Gasteiger partial charge >= 0.3 is 0 Å². The first-order valence-electron chi connectivity index (χ1n) is 11.8. The maximum absolute atomic E-state index is 15.4. The van der Waals surface area contributed by atoms with Crippen LogP contribution in [0.1, 0.15) is 93.9 Å². The van der Waals surface area contributed by atoms with Crippen molar-refractivity contribution in [2.75, 3.05) is 0 Å². The zero-order valence-corrected chi connectivity index (χ0v) is 18.7. The third-order valence-corrected chi connectivity index (χ3v) is 8.09. The molecule has 0 atom stereocenters. The Kier molecular flexibility index (Phi) is 5.90. The van der Waals surface area contributed by atoms with E-state index in [-0.39, 0.29) is 16.8 Å². The zero-order valence-electron chi connectivity index (χ0n) is 18.7. The van der Waals surface area contributed by atoms with Gasteiger partial charge in [-0.1, -0.05) is 51.0 Å². The summed E-state index contributed by atoms with van der Waals surface area (Å²) in [6.45, 7) is 4.32. The van der Waals surface area contributed by atoms with E-state index in [1.807, 2.05) is 19.1 Å². The van der Waals surface area contributed by atoms with Gasteiger partial charge in [0.25, 0.3) is 0 Å². The summed E-state index contributed by atoms with van der Waals surface area (Å²) in [6, 6.07) is 13.6. The SMILES string of the molecule is CCCc1ccc(-c2ccc(C34CCC(CCC)(CC3)CC4)cc2F)c(C#N)c1C#N. The van der Waals surface area contributed by atoms with Crippen molar-refractivity contribution in [2.45, 2.75) is 83.5 Å². The number of nitriles is 2. The van der Waals surface area contributed by atoms with Crippen molar-refractivity contribution in [2.24, 2.45) is 5.41 Å². The van der Waals surface area contributed by atoms with Crippen LogP contribution in [0.2, 0.25) is 0 Å². The molecule has 2 aromatic carbocycles. The Balaban J connectivity index is 1.69. The van der Waals surface area contributed by atoms with E-state index in [2.05, 4.69) is 25.1 Å². The molecule has 160 valence electrons. The monoisotopic (exact) mass is 414 g/mol. The zero-order chi connectivity index (χ0) is 22.1. The van der Waals surface area contributed by atoms with E-state index in [1.165, 1.54) is 32.1 Å². The smallest absolute Gasteiger partial charge is 0.131 e. The molecule has 31 heavy (non-hydrogen) atoms. The summed E-state index contributed by atoms with van der Waals surface area (Å²) in [7, 11) is 0. The van der Waals surface area contributed by atoms with Crippen LogP contribution in [-0.4, -0.2) is 0 Å². The maximum Gasteiger partial charge on any atom is 0.131 e. The standard InChI is InChI=1S/C28H31FN2/c1-3-5-20-6-8-22(25(19-31)24(20)18-30)23-9-7-21(17-26(23)29)28-14-11-27(10-4-2,12-15-28)13-16-28/h6-9,17H,3-5,10-16H2,1-2H3. The number of rotatable bonds is 6. The summed E-state index contributed by atoms with van der Waals surface area (Å²) in [4.78, 5) is 0. The molecule has 0 radical (unpaired) electrons. The molecule has 5 rings (SSSR count). The average Bonchev–Trinajstić information content (AvgIpc) is 2.80. The van der Waals surface area contributed by atoms with Gasteiger partial charge < -0.3 is 0 Å². The fourth-order valence-electron chi connectivity index (χ4n) is 6.26. The van der Waals surface area contributed by atoms with E-state index < -0.39 is 0 Å². The molecule has 2 nitrogen and oxygen atoms in total. The first-order valence-corrected chi connectivity index (χ1v) is 11.8. The highest BCUT2D eigenvalue weighted by atomic mass is 19.1. The molecule has 2 aromatic rings. The summed E-state index contributed by atoms with van der Waals surface area (Å²) in [5.41, 5.74) is 4.23. The maximum atomic E-state index is 15.4. The molecule has 0 unspecified atom stereocenters. The van der Waals surface area contributed by atoms with E-state index >= 15 is 4.39 Å². The van der Waals surface area contributed by atoms with Crippen LogP contribution in [0.5, 0.6) is 0 Å². The van der Waals surface area contributed by atoms with E-state index in [0.717, 1.165) is 43.2 Å². The molecule has 2 bridgehead atoms. The van der Waals surface area contributed by atoms with Crippen molar-refractivity contribution in [1.82, 2.24) is 0 Å². The lowest BCUT2D eigenvalue weighted by molar-refractivity contribution is 0.0319. The molecule has 0 aromatic heterocycles. The number of halogens is 1. The predicted octanol–water partition coefficient (Wildman–Crippen LogP) is 7.58.